The van der Waals surface area contributed by atoms with Crippen molar-refractivity contribution in [1.29, 1.82) is 5.26 Å². The van der Waals surface area contributed by atoms with Crippen molar-refractivity contribution in [3.05, 3.63) is 59.7 Å². The first-order valence-electron chi connectivity index (χ1n) is 6.98. The largest absolute Gasteiger partial charge is 0.489 e. The molecule has 2 aromatic rings. The monoisotopic (exact) mass is 297 g/mol. The number of hydrogen-bond acceptors (Lipinski definition) is 4. The van der Waals surface area contributed by atoms with Crippen molar-refractivity contribution < 1.29 is 14.2 Å². The summed E-state index contributed by atoms with van der Waals surface area (Å²) in [5, 5.41) is 9.13. The van der Waals surface area contributed by atoms with Gasteiger partial charge in [0.1, 0.15) is 18.1 Å². The van der Waals surface area contributed by atoms with Gasteiger partial charge < -0.3 is 14.2 Å². The molecule has 0 fully saturated rings. The zero-order chi connectivity index (χ0) is 16.0. The third-order valence-corrected chi connectivity index (χ3v) is 3.11. The molecule has 2 rings (SSSR count). The van der Waals surface area contributed by atoms with Crippen molar-refractivity contribution in [3.8, 4) is 17.6 Å². The Morgan fingerprint density at radius 1 is 1.05 bits per heavy atom. The van der Waals surface area contributed by atoms with Crippen molar-refractivity contribution in [2.45, 2.75) is 26.2 Å². The van der Waals surface area contributed by atoms with E-state index in [9.17, 15) is 0 Å². The fraction of sp³-hybridized carbons (Fsp3) is 0.278. The highest BCUT2D eigenvalue weighted by molar-refractivity contribution is 5.44. The summed E-state index contributed by atoms with van der Waals surface area (Å²) < 4.78 is 16.7. The van der Waals surface area contributed by atoms with Crippen LogP contribution in [0.3, 0.4) is 0 Å². The Kier molecular flexibility index (Phi) is 5.03. The van der Waals surface area contributed by atoms with Gasteiger partial charge in [0.2, 0.25) is 5.79 Å². The summed E-state index contributed by atoms with van der Waals surface area (Å²) in [5.41, 5.74) is 1.54. The fourth-order valence-corrected chi connectivity index (χ4v) is 1.84. The molecule has 0 aliphatic carbocycles. The van der Waals surface area contributed by atoms with E-state index in [0.717, 1.165) is 5.56 Å². The summed E-state index contributed by atoms with van der Waals surface area (Å²) in [4.78, 5) is 0. The van der Waals surface area contributed by atoms with E-state index >= 15 is 0 Å². The van der Waals surface area contributed by atoms with Crippen LogP contribution >= 0.6 is 0 Å². The molecule has 4 nitrogen and oxygen atoms in total. The van der Waals surface area contributed by atoms with E-state index in [-0.39, 0.29) is 0 Å². The molecule has 0 atom stereocenters. The number of nitrogens with zero attached hydrogens (tertiary/aromatic N) is 1. The number of ether oxygens (including phenoxy) is 3. The van der Waals surface area contributed by atoms with E-state index in [1.54, 1.807) is 39.2 Å². The van der Waals surface area contributed by atoms with Crippen molar-refractivity contribution >= 4 is 0 Å². The topological polar surface area (TPSA) is 51.5 Å². The van der Waals surface area contributed by atoms with Crippen LogP contribution in [0.2, 0.25) is 0 Å². The molecule has 0 bridgehead atoms. The lowest BCUT2D eigenvalue weighted by atomic mass is 10.2. The summed E-state index contributed by atoms with van der Waals surface area (Å²) >= 11 is 0. The Balaban J connectivity index is 2.15. The zero-order valence-corrected chi connectivity index (χ0v) is 13.0. The van der Waals surface area contributed by atoms with Gasteiger partial charge in [-0.2, -0.15) is 5.26 Å². The molecule has 114 valence electrons. The number of hydrogen-bond donors (Lipinski definition) is 0. The van der Waals surface area contributed by atoms with Gasteiger partial charge in [-0.3, -0.25) is 0 Å². The van der Waals surface area contributed by atoms with Crippen LogP contribution in [0.4, 0.5) is 0 Å². The summed E-state index contributed by atoms with van der Waals surface area (Å²) in [6.07, 6.45) is 0. The molecule has 0 radical (unpaired) electrons. The van der Waals surface area contributed by atoms with E-state index in [2.05, 4.69) is 6.07 Å². The molecule has 0 aliphatic heterocycles. The summed E-state index contributed by atoms with van der Waals surface area (Å²) in [6.45, 7) is 4.04. The lowest BCUT2D eigenvalue weighted by Gasteiger charge is -2.24. The molecule has 0 N–H and O–H groups in total. The summed E-state index contributed by atoms with van der Waals surface area (Å²) in [7, 11) is 1.57. The molecule has 0 aromatic heterocycles. The minimum Gasteiger partial charge on any atom is -0.489 e. The van der Waals surface area contributed by atoms with E-state index < -0.39 is 5.79 Å². The minimum atomic E-state index is -0.773. The smallest absolute Gasteiger partial charge is 0.204 e. The van der Waals surface area contributed by atoms with E-state index in [1.165, 1.54) is 0 Å². The molecule has 4 heteroatoms. The fourth-order valence-electron chi connectivity index (χ4n) is 1.84. The van der Waals surface area contributed by atoms with Gasteiger partial charge in [-0.1, -0.05) is 30.3 Å². The van der Waals surface area contributed by atoms with Gasteiger partial charge in [-0.15, -0.1) is 0 Å². The van der Waals surface area contributed by atoms with Crippen LogP contribution in [0.25, 0.3) is 0 Å². The van der Waals surface area contributed by atoms with Gasteiger partial charge in [-0.25, -0.2) is 0 Å². The van der Waals surface area contributed by atoms with Crippen LogP contribution in [0.1, 0.15) is 25.0 Å². The van der Waals surface area contributed by atoms with Crippen LogP contribution in [-0.4, -0.2) is 12.9 Å². The van der Waals surface area contributed by atoms with Crippen LogP contribution in [0.15, 0.2) is 48.5 Å². The Morgan fingerprint density at radius 3 is 2.36 bits per heavy atom. The van der Waals surface area contributed by atoms with Crippen LogP contribution in [0, 0.1) is 11.3 Å². The van der Waals surface area contributed by atoms with Crippen molar-refractivity contribution in [2.75, 3.05) is 7.11 Å². The van der Waals surface area contributed by atoms with Crippen LogP contribution < -0.4 is 9.47 Å². The van der Waals surface area contributed by atoms with E-state index in [4.69, 9.17) is 19.5 Å². The molecule has 22 heavy (non-hydrogen) atoms. The van der Waals surface area contributed by atoms with Gasteiger partial charge in [-0.05, 0) is 17.7 Å². The third-order valence-electron chi connectivity index (χ3n) is 3.11. The molecule has 0 saturated carbocycles. The SMILES string of the molecule is COC(C)(C)Oc1cc(C#N)cc(OCc2ccccc2)c1. The maximum atomic E-state index is 9.13. The van der Waals surface area contributed by atoms with Gasteiger partial charge in [0.25, 0.3) is 0 Å². The molecular formula is C18H19NO3. The normalized spacial score (nSPS) is 10.8. The zero-order valence-electron chi connectivity index (χ0n) is 13.0. The lowest BCUT2D eigenvalue weighted by Crippen LogP contribution is -2.30. The second-order valence-electron chi connectivity index (χ2n) is 5.29. The first-order valence-corrected chi connectivity index (χ1v) is 6.98. The predicted molar refractivity (Wildman–Crippen MR) is 83.6 cm³/mol. The predicted octanol–water partition coefficient (Wildman–Crippen LogP) is 3.90. The van der Waals surface area contributed by atoms with Crippen molar-refractivity contribution in [2.24, 2.45) is 0 Å². The highest BCUT2D eigenvalue weighted by Gasteiger charge is 2.19. The molecule has 0 unspecified atom stereocenters. The number of rotatable bonds is 6. The maximum absolute atomic E-state index is 9.13. The van der Waals surface area contributed by atoms with Crippen LogP contribution in [-0.2, 0) is 11.3 Å². The Bertz CT molecular complexity index is 660. The number of nitriles is 1. The minimum absolute atomic E-state index is 0.433. The molecule has 2 aromatic carbocycles. The average Bonchev–Trinajstić information content (AvgIpc) is 2.53. The highest BCUT2D eigenvalue weighted by Crippen LogP contribution is 2.26. The quantitative estimate of drug-likeness (QED) is 0.759. The van der Waals surface area contributed by atoms with Gasteiger partial charge >= 0.3 is 0 Å². The second-order valence-corrected chi connectivity index (χ2v) is 5.29. The molecule has 0 heterocycles. The van der Waals surface area contributed by atoms with E-state index in [0.29, 0.717) is 23.7 Å². The highest BCUT2D eigenvalue weighted by atomic mass is 16.7. The van der Waals surface area contributed by atoms with E-state index in [1.807, 2.05) is 30.3 Å². The molecule has 0 amide bonds. The number of benzene rings is 2. The first-order chi connectivity index (χ1) is 10.5. The number of methoxy groups -OCH3 is 1. The molecule has 0 spiro atoms. The molecular weight excluding hydrogens is 278 g/mol. The average molecular weight is 297 g/mol. The standard InChI is InChI=1S/C18H19NO3/c1-18(2,20-3)22-17-10-15(12-19)9-16(11-17)21-13-14-7-5-4-6-8-14/h4-11H,13H2,1-3H3. The first kappa shape index (κ1) is 15.9. The third kappa shape index (κ3) is 4.51. The van der Waals surface area contributed by atoms with Crippen molar-refractivity contribution in [1.82, 2.24) is 0 Å². The molecule has 0 aliphatic rings. The lowest BCUT2D eigenvalue weighted by molar-refractivity contribution is -0.134. The van der Waals surface area contributed by atoms with Gasteiger partial charge in [0.15, 0.2) is 0 Å². The second kappa shape index (κ2) is 6.97. The van der Waals surface area contributed by atoms with Crippen LogP contribution in [0.5, 0.6) is 11.5 Å². The van der Waals surface area contributed by atoms with Gasteiger partial charge in [0, 0.05) is 27.0 Å². The molecule has 0 saturated heterocycles. The van der Waals surface area contributed by atoms with Gasteiger partial charge in [0.05, 0.1) is 11.6 Å². The Labute approximate surface area is 130 Å². The Morgan fingerprint density at radius 2 is 1.73 bits per heavy atom. The Hall–Kier alpha value is -2.51. The van der Waals surface area contributed by atoms with Crippen molar-refractivity contribution in [3.63, 3.8) is 0 Å². The maximum Gasteiger partial charge on any atom is 0.204 e. The summed E-state index contributed by atoms with van der Waals surface area (Å²) in [6, 6.07) is 17.1. The summed E-state index contributed by atoms with van der Waals surface area (Å²) in [5.74, 6) is 0.351.